The Kier molecular flexibility index (Phi) is 4.88. The molecule has 1 atom stereocenters. The summed E-state index contributed by atoms with van der Waals surface area (Å²) in [5.74, 6) is 0.193. The van der Waals surface area contributed by atoms with Crippen LogP contribution in [0.15, 0.2) is 35.4 Å². The molecule has 5 heterocycles. The Hall–Kier alpha value is -2.67. The van der Waals surface area contributed by atoms with Gasteiger partial charge in [-0.05, 0) is 44.0 Å². The van der Waals surface area contributed by atoms with E-state index < -0.39 is 0 Å². The second kappa shape index (κ2) is 7.48. The molecule has 0 aliphatic carbocycles. The highest BCUT2D eigenvalue weighted by Gasteiger charge is 2.36. The third kappa shape index (κ3) is 3.76. The summed E-state index contributed by atoms with van der Waals surface area (Å²) in [5, 5.41) is 10.3. The summed E-state index contributed by atoms with van der Waals surface area (Å²) in [4.78, 5) is 28.8. The van der Waals surface area contributed by atoms with Crippen LogP contribution in [-0.4, -0.2) is 64.2 Å². The zero-order valence-corrected chi connectivity index (χ0v) is 18.6. The molecule has 31 heavy (non-hydrogen) atoms. The lowest BCUT2D eigenvalue weighted by Gasteiger charge is -2.45. The predicted octanol–water partition coefficient (Wildman–Crippen LogP) is 2.71. The number of amides is 2. The van der Waals surface area contributed by atoms with Crippen LogP contribution in [0, 0.1) is 11.3 Å². The number of fused-ring (bicyclic) bond motifs is 6. The van der Waals surface area contributed by atoms with Gasteiger partial charge in [-0.15, -0.1) is 0 Å². The monoisotopic (exact) mass is 421 g/mol. The van der Waals surface area contributed by atoms with E-state index in [2.05, 4.69) is 31.0 Å². The van der Waals surface area contributed by atoms with Gasteiger partial charge in [0.15, 0.2) is 0 Å². The van der Waals surface area contributed by atoms with Gasteiger partial charge >= 0.3 is 0 Å². The van der Waals surface area contributed by atoms with E-state index in [-0.39, 0.29) is 29.8 Å². The average molecular weight is 422 g/mol. The number of nitrogens with one attached hydrogen (secondary N) is 1. The molecule has 7 nitrogen and oxygen atoms in total. The van der Waals surface area contributed by atoms with Crippen LogP contribution in [0.1, 0.15) is 44.1 Å². The number of nitrogens with zero attached hydrogens (tertiary/aromatic N) is 4. The normalized spacial score (nSPS) is 25.9. The molecule has 6 rings (SSSR count). The van der Waals surface area contributed by atoms with Gasteiger partial charge in [0.25, 0.3) is 5.91 Å². The minimum atomic E-state index is -0.224. The zero-order valence-electron chi connectivity index (χ0n) is 18.6. The van der Waals surface area contributed by atoms with Crippen LogP contribution < -0.4 is 5.32 Å². The van der Waals surface area contributed by atoms with Gasteiger partial charge in [-0.1, -0.05) is 39.0 Å². The lowest BCUT2D eigenvalue weighted by Crippen LogP contribution is -2.58. The van der Waals surface area contributed by atoms with Crippen molar-refractivity contribution in [3.05, 3.63) is 36.0 Å². The number of hydrogen-bond acceptors (Lipinski definition) is 4. The third-order valence-electron chi connectivity index (χ3n) is 6.98. The van der Waals surface area contributed by atoms with Crippen LogP contribution in [0.3, 0.4) is 0 Å². The zero-order chi connectivity index (χ0) is 21.8. The standard InChI is InChI=1S/C24H31N5O2/c1-24(2,3)21-14-28-19-7-5-4-6-17(19)12-20(28)23(31)29(26-21)15-22(30)25-18-13-27-10-8-16(18)9-11-27/h4-7,12,16,18H,8-11,13-15H2,1-3H3,(H,25,30)/t18-/m0/s1. The second-order valence-electron chi connectivity index (χ2n) is 10.1. The Labute approximate surface area is 183 Å². The van der Waals surface area contributed by atoms with Crippen LogP contribution in [0.5, 0.6) is 0 Å². The van der Waals surface area contributed by atoms with Crippen LogP contribution >= 0.6 is 0 Å². The molecular formula is C24H31N5O2. The van der Waals surface area contributed by atoms with E-state index in [0.717, 1.165) is 49.1 Å². The summed E-state index contributed by atoms with van der Waals surface area (Å²) >= 11 is 0. The Morgan fingerprint density at radius 3 is 2.61 bits per heavy atom. The molecule has 1 aromatic carbocycles. The number of piperidine rings is 3. The quantitative estimate of drug-likeness (QED) is 0.829. The fraction of sp³-hybridized carbons (Fsp3) is 0.542. The first-order valence-corrected chi connectivity index (χ1v) is 11.3. The Balaban J connectivity index is 1.42. The molecule has 0 radical (unpaired) electrons. The smallest absolute Gasteiger partial charge is 0.291 e. The van der Waals surface area contributed by atoms with Gasteiger partial charge < -0.3 is 14.8 Å². The van der Waals surface area contributed by atoms with Crippen molar-refractivity contribution in [3.63, 3.8) is 0 Å². The minimum absolute atomic E-state index is 0.0524. The molecule has 7 heteroatoms. The Morgan fingerprint density at radius 1 is 1.19 bits per heavy atom. The Morgan fingerprint density at radius 2 is 1.94 bits per heavy atom. The van der Waals surface area contributed by atoms with Crippen molar-refractivity contribution < 1.29 is 9.59 Å². The predicted molar refractivity (Wildman–Crippen MR) is 121 cm³/mol. The second-order valence-corrected chi connectivity index (χ2v) is 10.1. The highest BCUT2D eigenvalue weighted by Crippen LogP contribution is 2.29. The van der Waals surface area contributed by atoms with E-state index in [1.54, 1.807) is 0 Å². The van der Waals surface area contributed by atoms with E-state index in [0.29, 0.717) is 18.2 Å². The van der Waals surface area contributed by atoms with Crippen LogP contribution in [0.2, 0.25) is 0 Å². The number of hydrogen-bond donors (Lipinski definition) is 1. The molecule has 0 spiro atoms. The Bertz CT molecular complexity index is 1060. The molecule has 0 unspecified atom stereocenters. The molecule has 0 saturated carbocycles. The van der Waals surface area contributed by atoms with Gasteiger partial charge in [0, 0.05) is 28.9 Å². The topological polar surface area (TPSA) is 69.9 Å². The van der Waals surface area contributed by atoms with Crippen molar-refractivity contribution in [1.82, 2.24) is 19.8 Å². The van der Waals surface area contributed by atoms with Crippen molar-refractivity contribution in [1.29, 1.82) is 0 Å². The maximum Gasteiger partial charge on any atom is 0.291 e. The number of carbonyl (C=O) groups is 2. The molecule has 4 aliphatic heterocycles. The van der Waals surface area contributed by atoms with Gasteiger partial charge in [-0.3, -0.25) is 9.59 Å². The summed E-state index contributed by atoms with van der Waals surface area (Å²) in [6.07, 6.45) is 2.28. The fourth-order valence-corrected chi connectivity index (χ4v) is 5.07. The van der Waals surface area contributed by atoms with Crippen LogP contribution in [0.25, 0.3) is 10.9 Å². The lowest BCUT2D eigenvalue weighted by atomic mass is 9.84. The molecule has 164 valence electrons. The van der Waals surface area contributed by atoms with Gasteiger partial charge in [0.05, 0.1) is 12.3 Å². The molecule has 1 N–H and O–H groups in total. The number of rotatable bonds is 3. The molecule has 4 aliphatic rings. The van der Waals surface area contributed by atoms with Gasteiger partial charge in [-0.25, -0.2) is 5.01 Å². The summed E-state index contributed by atoms with van der Waals surface area (Å²) in [5.41, 5.74) is 2.26. The first-order valence-electron chi connectivity index (χ1n) is 11.3. The SMILES string of the molecule is CC(C)(C)C1=NN(CC(=O)N[C@H]2CN3CCC2CC3)C(=O)c2cc3ccccc3n2C1. The summed E-state index contributed by atoms with van der Waals surface area (Å²) in [7, 11) is 0. The minimum Gasteiger partial charge on any atom is -0.350 e. The maximum absolute atomic E-state index is 13.4. The number of para-hydroxylation sites is 1. The molecular weight excluding hydrogens is 390 g/mol. The molecule has 3 fully saturated rings. The van der Waals surface area contributed by atoms with Crippen molar-refractivity contribution in [3.8, 4) is 0 Å². The fourth-order valence-electron chi connectivity index (χ4n) is 5.07. The summed E-state index contributed by atoms with van der Waals surface area (Å²) in [6, 6.07) is 10.1. The lowest BCUT2D eigenvalue weighted by molar-refractivity contribution is -0.123. The van der Waals surface area contributed by atoms with E-state index in [1.165, 1.54) is 5.01 Å². The largest absolute Gasteiger partial charge is 0.350 e. The van der Waals surface area contributed by atoms with Crippen LogP contribution in [0.4, 0.5) is 0 Å². The van der Waals surface area contributed by atoms with E-state index in [1.807, 2.05) is 34.9 Å². The molecule has 2 amide bonds. The number of hydrazone groups is 1. The van der Waals surface area contributed by atoms with Crippen molar-refractivity contribution in [2.75, 3.05) is 26.2 Å². The summed E-state index contributed by atoms with van der Waals surface area (Å²) < 4.78 is 2.03. The van der Waals surface area contributed by atoms with Gasteiger partial charge in [0.1, 0.15) is 12.2 Å². The first-order chi connectivity index (χ1) is 14.8. The molecule has 2 bridgehead atoms. The number of benzene rings is 1. The van der Waals surface area contributed by atoms with E-state index >= 15 is 0 Å². The number of aromatic nitrogens is 1. The van der Waals surface area contributed by atoms with Crippen molar-refractivity contribution in [2.24, 2.45) is 16.4 Å². The van der Waals surface area contributed by atoms with E-state index in [4.69, 9.17) is 5.10 Å². The highest BCUT2D eigenvalue weighted by atomic mass is 16.2. The molecule has 1 aromatic heterocycles. The van der Waals surface area contributed by atoms with Crippen molar-refractivity contribution in [2.45, 2.75) is 46.2 Å². The maximum atomic E-state index is 13.4. The third-order valence-corrected chi connectivity index (χ3v) is 6.98. The first kappa shape index (κ1) is 20.2. The number of carbonyl (C=O) groups excluding carboxylic acids is 2. The van der Waals surface area contributed by atoms with Crippen molar-refractivity contribution >= 4 is 28.4 Å². The van der Waals surface area contributed by atoms with Gasteiger partial charge in [-0.2, -0.15) is 5.10 Å². The summed E-state index contributed by atoms with van der Waals surface area (Å²) in [6.45, 7) is 9.94. The molecule has 3 saturated heterocycles. The van der Waals surface area contributed by atoms with E-state index in [9.17, 15) is 9.59 Å². The average Bonchev–Trinajstić information content (AvgIpc) is 3.04. The molecule has 2 aromatic rings. The highest BCUT2D eigenvalue weighted by molar-refractivity contribution is 6.03. The van der Waals surface area contributed by atoms with Gasteiger partial charge in [0.2, 0.25) is 5.91 Å². The van der Waals surface area contributed by atoms with Crippen LogP contribution in [-0.2, 0) is 11.3 Å².